The van der Waals surface area contributed by atoms with Gasteiger partial charge in [0.15, 0.2) is 0 Å². The Morgan fingerprint density at radius 1 is 1.31 bits per heavy atom. The summed E-state index contributed by atoms with van der Waals surface area (Å²) >= 11 is 0. The molecule has 88 valence electrons. The van der Waals surface area contributed by atoms with Crippen LogP contribution in [0.3, 0.4) is 0 Å². The standard InChI is InChI=1S/C13H19NO2/c1-4-16-13(15)9-14-8-12-10(2)6-5-7-11(12)3/h5-7,14H,4,8-9H2,1-3H3. The van der Waals surface area contributed by atoms with Crippen molar-refractivity contribution in [3.8, 4) is 0 Å². The van der Waals surface area contributed by atoms with Gasteiger partial charge >= 0.3 is 5.97 Å². The van der Waals surface area contributed by atoms with Crippen LogP contribution in [0.4, 0.5) is 0 Å². The summed E-state index contributed by atoms with van der Waals surface area (Å²) in [6, 6.07) is 6.20. The van der Waals surface area contributed by atoms with Gasteiger partial charge in [-0.05, 0) is 37.5 Å². The minimum Gasteiger partial charge on any atom is -0.465 e. The normalized spacial score (nSPS) is 10.2. The van der Waals surface area contributed by atoms with Crippen LogP contribution in [0.5, 0.6) is 0 Å². The average molecular weight is 221 g/mol. The molecular weight excluding hydrogens is 202 g/mol. The molecule has 0 aliphatic carbocycles. The molecule has 16 heavy (non-hydrogen) atoms. The first-order valence-corrected chi connectivity index (χ1v) is 5.56. The number of hydrogen-bond acceptors (Lipinski definition) is 3. The second-order valence-corrected chi connectivity index (χ2v) is 3.78. The van der Waals surface area contributed by atoms with Crippen LogP contribution in [0.2, 0.25) is 0 Å². The van der Waals surface area contributed by atoms with E-state index in [9.17, 15) is 4.79 Å². The Morgan fingerprint density at radius 2 is 1.94 bits per heavy atom. The van der Waals surface area contributed by atoms with E-state index in [1.807, 2.05) is 13.0 Å². The molecule has 0 saturated carbocycles. The smallest absolute Gasteiger partial charge is 0.319 e. The molecule has 0 radical (unpaired) electrons. The van der Waals surface area contributed by atoms with E-state index in [0.717, 1.165) is 0 Å². The van der Waals surface area contributed by atoms with Gasteiger partial charge in [0.2, 0.25) is 0 Å². The number of rotatable bonds is 5. The molecule has 0 fully saturated rings. The Balaban J connectivity index is 2.46. The highest BCUT2D eigenvalue weighted by atomic mass is 16.5. The van der Waals surface area contributed by atoms with Crippen LogP contribution in [-0.2, 0) is 16.1 Å². The van der Waals surface area contributed by atoms with Crippen LogP contribution in [0, 0.1) is 13.8 Å². The average Bonchev–Trinajstić information content (AvgIpc) is 2.23. The lowest BCUT2D eigenvalue weighted by atomic mass is 10.0. The molecule has 3 heteroatoms. The molecule has 1 N–H and O–H groups in total. The van der Waals surface area contributed by atoms with Gasteiger partial charge in [0.1, 0.15) is 0 Å². The van der Waals surface area contributed by atoms with Gasteiger partial charge in [-0.2, -0.15) is 0 Å². The topological polar surface area (TPSA) is 38.3 Å². The first-order valence-electron chi connectivity index (χ1n) is 5.56. The lowest BCUT2D eigenvalue weighted by Gasteiger charge is -2.10. The molecule has 0 bridgehead atoms. The summed E-state index contributed by atoms with van der Waals surface area (Å²) in [5.41, 5.74) is 3.75. The maximum absolute atomic E-state index is 11.1. The molecule has 0 aliphatic rings. The van der Waals surface area contributed by atoms with Gasteiger partial charge in [0.05, 0.1) is 13.2 Å². The van der Waals surface area contributed by atoms with Crippen molar-refractivity contribution in [3.63, 3.8) is 0 Å². The van der Waals surface area contributed by atoms with Crippen molar-refractivity contribution in [3.05, 3.63) is 34.9 Å². The van der Waals surface area contributed by atoms with Crippen molar-refractivity contribution >= 4 is 5.97 Å². The second kappa shape index (κ2) is 6.28. The number of carbonyl (C=O) groups is 1. The number of ether oxygens (including phenoxy) is 1. The van der Waals surface area contributed by atoms with Gasteiger partial charge < -0.3 is 10.1 Å². The van der Waals surface area contributed by atoms with Crippen LogP contribution in [0.15, 0.2) is 18.2 Å². The first kappa shape index (κ1) is 12.7. The Kier molecular flexibility index (Phi) is 4.99. The summed E-state index contributed by atoms with van der Waals surface area (Å²) in [6.07, 6.45) is 0. The minimum absolute atomic E-state index is 0.200. The van der Waals surface area contributed by atoms with Crippen LogP contribution in [0.25, 0.3) is 0 Å². The SMILES string of the molecule is CCOC(=O)CNCc1c(C)cccc1C. The van der Waals surface area contributed by atoms with Crippen molar-refractivity contribution in [1.82, 2.24) is 5.32 Å². The Morgan fingerprint density at radius 3 is 2.50 bits per heavy atom. The quantitative estimate of drug-likeness (QED) is 0.772. The largest absolute Gasteiger partial charge is 0.465 e. The van der Waals surface area contributed by atoms with Crippen LogP contribution in [0.1, 0.15) is 23.6 Å². The molecule has 0 unspecified atom stereocenters. The zero-order valence-corrected chi connectivity index (χ0v) is 10.2. The summed E-state index contributed by atoms with van der Waals surface area (Å²) in [7, 11) is 0. The molecule has 1 rings (SSSR count). The Labute approximate surface area is 96.8 Å². The number of nitrogens with one attached hydrogen (secondary N) is 1. The molecule has 3 nitrogen and oxygen atoms in total. The highest BCUT2D eigenvalue weighted by Gasteiger charge is 2.04. The van der Waals surface area contributed by atoms with Gasteiger partial charge in [-0.1, -0.05) is 18.2 Å². The van der Waals surface area contributed by atoms with E-state index >= 15 is 0 Å². The maximum atomic E-state index is 11.1. The van der Waals surface area contributed by atoms with Gasteiger partial charge in [0, 0.05) is 6.54 Å². The summed E-state index contributed by atoms with van der Waals surface area (Å²) in [4.78, 5) is 11.1. The summed E-state index contributed by atoms with van der Waals surface area (Å²) in [6.45, 7) is 7.37. The summed E-state index contributed by atoms with van der Waals surface area (Å²) < 4.78 is 4.84. The van der Waals surface area contributed by atoms with E-state index in [1.165, 1.54) is 16.7 Å². The van der Waals surface area contributed by atoms with Crippen LogP contribution < -0.4 is 5.32 Å². The number of esters is 1. The van der Waals surface area contributed by atoms with Gasteiger partial charge in [-0.3, -0.25) is 4.79 Å². The van der Waals surface area contributed by atoms with E-state index in [1.54, 1.807) is 0 Å². The van der Waals surface area contributed by atoms with Crippen molar-refractivity contribution < 1.29 is 9.53 Å². The van der Waals surface area contributed by atoms with Crippen LogP contribution in [-0.4, -0.2) is 19.1 Å². The maximum Gasteiger partial charge on any atom is 0.319 e. The van der Waals surface area contributed by atoms with Crippen molar-refractivity contribution in [2.75, 3.05) is 13.2 Å². The lowest BCUT2D eigenvalue weighted by Crippen LogP contribution is -2.24. The Hall–Kier alpha value is -1.35. The first-order chi connectivity index (χ1) is 7.65. The van der Waals surface area contributed by atoms with Crippen molar-refractivity contribution in [2.45, 2.75) is 27.3 Å². The van der Waals surface area contributed by atoms with Crippen LogP contribution >= 0.6 is 0 Å². The highest BCUT2D eigenvalue weighted by Crippen LogP contribution is 2.12. The summed E-state index contributed by atoms with van der Waals surface area (Å²) in [5, 5.41) is 3.09. The van der Waals surface area contributed by atoms with Crippen molar-refractivity contribution in [2.24, 2.45) is 0 Å². The summed E-state index contributed by atoms with van der Waals surface area (Å²) in [5.74, 6) is -0.200. The van der Waals surface area contributed by atoms with E-state index in [2.05, 4.69) is 31.3 Å². The third-order valence-electron chi connectivity index (χ3n) is 2.52. The molecule has 1 aromatic carbocycles. The van der Waals surface area contributed by atoms with Gasteiger partial charge in [-0.25, -0.2) is 0 Å². The fourth-order valence-electron chi connectivity index (χ4n) is 1.63. The molecular formula is C13H19NO2. The van der Waals surface area contributed by atoms with Crippen molar-refractivity contribution in [1.29, 1.82) is 0 Å². The zero-order valence-electron chi connectivity index (χ0n) is 10.2. The number of hydrogen-bond donors (Lipinski definition) is 1. The lowest BCUT2D eigenvalue weighted by molar-refractivity contribution is -0.142. The molecule has 0 atom stereocenters. The van der Waals surface area contributed by atoms with Gasteiger partial charge in [-0.15, -0.1) is 0 Å². The molecule has 1 aromatic rings. The Bertz CT molecular complexity index is 341. The number of aryl methyl sites for hydroxylation is 2. The fourth-order valence-corrected chi connectivity index (χ4v) is 1.63. The number of benzene rings is 1. The molecule has 0 aliphatic heterocycles. The fraction of sp³-hybridized carbons (Fsp3) is 0.462. The predicted octanol–water partition coefficient (Wildman–Crippen LogP) is 1.96. The van der Waals surface area contributed by atoms with Gasteiger partial charge in [0.25, 0.3) is 0 Å². The molecule has 0 heterocycles. The second-order valence-electron chi connectivity index (χ2n) is 3.78. The monoisotopic (exact) mass is 221 g/mol. The molecule has 0 saturated heterocycles. The molecule has 0 amide bonds. The van der Waals surface area contributed by atoms with E-state index in [-0.39, 0.29) is 12.5 Å². The predicted molar refractivity (Wildman–Crippen MR) is 64.3 cm³/mol. The highest BCUT2D eigenvalue weighted by molar-refractivity contribution is 5.71. The van der Waals surface area contributed by atoms with E-state index in [4.69, 9.17) is 4.74 Å². The third kappa shape index (κ3) is 3.66. The van der Waals surface area contributed by atoms with E-state index < -0.39 is 0 Å². The zero-order chi connectivity index (χ0) is 12.0. The minimum atomic E-state index is -0.200. The van der Waals surface area contributed by atoms with E-state index in [0.29, 0.717) is 13.2 Å². The molecule has 0 spiro atoms. The molecule has 0 aromatic heterocycles. The number of carbonyl (C=O) groups excluding carboxylic acids is 1. The third-order valence-corrected chi connectivity index (χ3v) is 2.52.